The van der Waals surface area contributed by atoms with Gasteiger partial charge in [0.2, 0.25) is 0 Å². The number of aromatic hydroxyl groups is 1. The molecule has 2 aromatic rings. The summed E-state index contributed by atoms with van der Waals surface area (Å²) in [6.45, 7) is 0.179. The Labute approximate surface area is 116 Å². The molecule has 0 saturated carbocycles. The van der Waals surface area contributed by atoms with Crippen LogP contribution in [0.2, 0.25) is 0 Å². The monoisotopic (exact) mass is 272 g/mol. The molecule has 0 heterocycles. The van der Waals surface area contributed by atoms with E-state index < -0.39 is 5.82 Å². The van der Waals surface area contributed by atoms with E-state index in [9.17, 15) is 9.50 Å². The SMILES string of the molecule is COc1cccc(C#N)c1NCc1cc(F)ccc1O. The van der Waals surface area contributed by atoms with Crippen LogP contribution < -0.4 is 10.1 Å². The number of benzene rings is 2. The highest BCUT2D eigenvalue weighted by Gasteiger charge is 2.10. The summed E-state index contributed by atoms with van der Waals surface area (Å²) in [5.74, 6) is 0.0763. The van der Waals surface area contributed by atoms with Gasteiger partial charge in [-0.15, -0.1) is 0 Å². The molecule has 0 aliphatic heterocycles. The second-order valence-corrected chi connectivity index (χ2v) is 4.12. The van der Waals surface area contributed by atoms with Crippen LogP contribution in [0.4, 0.5) is 10.1 Å². The van der Waals surface area contributed by atoms with Crippen molar-refractivity contribution in [2.75, 3.05) is 12.4 Å². The first-order chi connectivity index (χ1) is 9.65. The Kier molecular flexibility index (Phi) is 4.06. The molecule has 4 nitrogen and oxygen atoms in total. The summed E-state index contributed by atoms with van der Waals surface area (Å²) < 4.78 is 18.3. The molecule has 0 spiro atoms. The summed E-state index contributed by atoms with van der Waals surface area (Å²) in [5.41, 5.74) is 1.33. The first-order valence-electron chi connectivity index (χ1n) is 5.94. The number of anilines is 1. The number of halogens is 1. The molecule has 0 fully saturated rings. The molecule has 5 heteroatoms. The molecular weight excluding hydrogens is 259 g/mol. The number of ether oxygens (including phenoxy) is 1. The predicted molar refractivity (Wildman–Crippen MR) is 73.1 cm³/mol. The molecule has 0 aliphatic carbocycles. The fourth-order valence-electron chi connectivity index (χ4n) is 1.86. The van der Waals surface area contributed by atoms with Gasteiger partial charge >= 0.3 is 0 Å². The van der Waals surface area contributed by atoms with Gasteiger partial charge in [0.25, 0.3) is 0 Å². The van der Waals surface area contributed by atoms with Crippen LogP contribution in [0.25, 0.3) is 0 Å². The molecule has 2 rings (SSSR count). The minimum atomic E-state index is -0.430. The van der Waals surface area contributed by atoms with Gasteiger partial charge in [0.05, 0.1) is 18.4 Å². The Morgan fingerprint density at radius 3 is 2.85 bits per heavy atom. The molecule has 0 aromatic heterocycles. The van der Waals surface area contributed by atoms with E-state index in [0.29, 0.717) is 22.6 Å². The van der Waals surface area contributed by atoms with Crippen LogP contribution in [-0.2, 0) is 6.54 Å². The number of rotatable bonds is 4. The zero-order valence-electron chi connectivity index (χ0n) is 10.9. The van der Waals surface area contributed by atoms with E-state index in [4.69, 9.17) is 10.00 Å². The molecule has 2 aromatic carbocycles. The van der Waals surface area contributed by atoms with Gasteiger partial charge in [-0.2, -0.15) is 5.26 Å². The topological polar surface area (TPSA) is 65.3 Å². The van der Waals surface area contributed by atoms with E-state index in [0.717, 1.165) is 0 Å². The molecule has 0 bridgehead atoms. The minimum absolute atomic E-state index is 0.00712. The molecule has 0 radical (unpaired) electrons. The van der Waals surface area contributed by atoms with Crippen molar-refractivity contribution in [1.29, 1.82) is 5.26 Å². The van der Waals surface area contributed by atoms with E-state index in [-0.39, 0.29) is 12.3 Å². The summed E-state index contributed by atoms with van der Waals surface area (Å²) in [4.78, 5) is 0. The Morgan fingerprint density at radius 1 is 1.35 bits per heavy atom. The number of nitriles is 1. The lowest BCUT2D eigenvalue weighted by Crippen LogP contribution is -2.04. The first kappa shape index (κ1) is 13.7. The van der Waals surface area contributed by atoms with Gasteiger partial charge in [-0.05, 0) is 30.3 Å². The number of phenolic OH excluding ortho intramolecular Hbond substituents is 1. The molecule has 20 heavy (non-hydrogen) atoms. The zero-order chi connectivity index (χ0) is 14.5. The number of methoxy groups -OCH3 is 1. The summed E-state index contributed by atoms with van der Waals surface area (Å²) in [6.07, 6.45) is 0. The number of phenols is 1. The molecule has 0 saturated heterocycles. The summed E-state index contributed by atoms with van der Waals surface area (Å²) >= 11 is 0. The maximum absolute atomic E-state index is 13.1. The minimum Gasteiger partial charge on any atom is -0.508 e. The van der Waals surface area contributed by atoms with Crippen molar-refractivity contribution < 1.29 is 14.2 Å². The number of nitrogens with zero attached hydrogens (tertiary/aromatic N) is 1. The molecule has 2 N–H and O–H groups in total. The zero-order valence-corrected chi connectivity index (χ0v) is 10.9. The molecule has 0 unspecified atom stereocenters. The second-order valence-electron chi connectivity index (χ2n) is 4.12. The summed E-state index contributed by atoms with van der Waals surface area (Å²) in [6, 6.07) is 10.8. The molecule has 0 aliphatic rings. The maximum Gasteiger partial charge on any atom is 0.143 e. The van der Waals surface area contributed by atoms with Crippen LogP contribution in [0.1, 0.15) is 11.1 Å². The number of para-hydroxylation sites is 1. The van der Waals surface area contributed by atoms with Crippen molar-refractivity contribution in [3.05, 3.63) is 53.3 Å². The molecule has 0 atom stereocenters. The van der Waals surface area contributed by atoms with Crippen LogP contribution >= 0.6 is 0 Å². The fourth-order valence-corrected chi connectivity index (χ4v) is 1.86. The normalized spacial score (nSPS) is 9.85. The van der Waals surface area contributed by atoms with Crippen molar-refractivity contribution in [2.45, 2.75) is 6.54 Å². The lowest BCUT2D eigenvalue weighted by atomic mass is 10.1. The lowest BCUT2D eigenvalue weighted by molar-refractivity contribution is 0.416. The van der Waals surface area contributed by atoms with E-state index in [1.807, 2.05) is 0 Å². The Balaban J connectivity index is 2.27. The van der Waals surface area contributed by atoms with Gasteiger partial charge in [-0.1, -0.05) is 6.07 Å². The molecular formula is C15H13FN2O2. The maximum atomic E-state index is 13.1. The molecule has 0 amide bonds. The van der Waals surface area contributed by atoms with Crippen molar-refractivity contribution in [3.63, 3.8) is 0 Å². The van der Waals surface area contributed by atoms with E-state index in [2.05, 4.69) is 11.4 Å². The third kappa shape index (κ3) is 2.81. The Morgan fingerprint density at radius 2 is 2.15 bits per heavy atom. The molecule has 102 valence electrons. The summed E-state index contributed by atoms with van der Waals surface area (Å²) in [7, 11) is 1.50. The average molecular weight is 272 g/mol. The number of nitrogens with one attached hydrogen (secondary N) is 1. The van der Waals surface area contributed by atoms with Crippen LogP contribution in [-0.4, -0.2) is 12.2 Å². The van der Waals surface area contributed by atoms with Crippen LogP contribution in [0, 0.1) is 17.1 Å². The van der Waals surface area contributed by atoms with E-state index >= 15 is 0 Å². The van der Waals surface area contributed by atoms with Gasteiger partial charge in [-0.3, -0.25) is 0 Å². The highest BCUT2D eigenvalue weighted by molar-refractivity contribution is 5.66. The van der Waals surface area contributed by atoms with Crippen LogP contribution in [0.5, 0.6) is 11.5 Å². The lowest BCUT2D eigenvalue weighted by Gasteiger charge is -2.13. The largest absolute Gasteiger partial charge is 0.508 e. The van der Waals surface area contributed by atoms with Crippen molar-refractivity contribution in [2.24, 2.45) is 0 Å². The van der Waals surface area contributed by atoms with E-state index in [1.165, 1.54) is 25.3 Å². The quantitative estimate of drug-likeness (QED) is 0.898. The first-order valence-corrected chi connectivity index (χ1v) is 5.94. The third-order valence-electron chi connectivity index (χ3n) is 2.86. The summed E-state index contributed by atoms with van der Waals surface area (Å²) in [5, 5.41) is 21.7. The van der Waals surface area contributed by atoms with Crippen molar-refractivity contribution in [3.8, 4) is 17.6 Å². The van der Waals surface area contributed by atoms with Gasteiger partial charge in [-0.25, -0.2) is 4.39 Å². The second kappa shape index (κ2) is 5.93. The fraction of sp³-hybridized carbons (Fsp3) is 0.133. The van der Waals surface area contributed by atoms with E-state index in [1.54, 1.807) is 18.2 Å². The van der Waals surface area contributed by atoms with Gasteiger partial charge in [0, 0.05) is 12.1 Å². The van der Waals surface area contributed by atoms with Crippen molar-refractivity contribution in [1.82, 2.24) is 0 Å². The Bertz CT molecular complexity index is 665. The van der Waals surface area contributed by atoms with Crippen molar-refractivity contribution >= 4 is 5.69 Å². The number of hydrogen-bond donors (Lipinski definition) is 2. The predicted octanol–water partition coefficient (Wildman–Crippen LogP) is 3.02. The number of hydrogen-bond acceptors (Lipinski definition) is 4. The smallest absolute Gasteiger partial charge is 0.143 e. The Hall–Kier alpha value is -2.74. The van der Waals surface area contributed by atoms with Crippen LogP contribution in [0.15, 0.2) is 36.4 Å². The van der Waals surface area contributed by atoms with Gasteiger partial charge in [0.15, 0.2) is 0 Å². The highest BCUT2D eigenvalue weighted by atomic mass is 19.1. The highest BCUT2D eigenvalue weighted by Crippen LogP contribution is 2.29. The van der Waals surface area contributed by atoms with Gasteiger partial charge < -0.3 is 15.2 Å². The standard InChI is InChI=1S/C15H13FN2O2/c1-20-14-4-2-3-10(8-17)15(14)18-9-11-7-12(16)5-6-13(11)19/h2-7,18-19H,9H2,1H3. The average Bonchev–Trinajstić information content (AvgIpc) is 2.47. The van der Waals surface area contributed by atoms with Crippen LogP contribution in [0.3, 0.4) is 0 Å². The van der Waals surface area contributed by atoms with Gasteiger partial charge in [0.1, 0.15) is 23.4 Å². The third-order valence-corrected chi connectivity index (χ3v) is 2.86.